The summed E-state index contributed by atoms with van der Waals surface area (Å²) >= 11 is 1.35. The molecule has 0 aliphatic rings. The number of thioether (sulfide) groups is 1. The van der Waals surface area contributed by atoms with Gasteiger partial charge in [-0.25, -0.2) is 0 Å². The number of hydrogen-bond donors (Lipinski definition) is 0. The molecular weight excluding hydrogens is 446 g/mol. The van der Waals surface area contributed by atoms with Crippen LogP contribution in [0.3, 0.4) is 0 Å². The van der Waals surface area contributed by atoms with Crippen LogP contribution in [0.1, 0.15) is 5.76 Å². The predicted octanol–water partition coefficient (Wildman–Crippen LogP) is 5.44. The van der Waals surface area contributed by atoms with Crippen LogP contribution < -0.4 is 4.90 Å². The molecule has 168 valence electrons. The molecule has 7 nitrogen and oxygen atoms in total. The Morgan fingerprint density at radius 3 is 2.15 bits per heavy atom. The van der Waals surface area contributed by atoms with E-state index < -0.39 is 0 Å². The van der Waals surface area contributed by atoms with Gasteiger partial charge in [0.1, 0.15) is 5.76 Å². The lowest BCUT2D eigenvalue weighted by Crippen LogP contribution is -2.27. The van der Waals surface area contributed by atoms with Crippen LogP contribution in [-0.2, 0) is 11.3 Å². The third-order valence-electron chi connectivity index (χ3n) is 5.15. The van der Waals surface area contributed by atoms with Gasteiger partial charge in [0.25, 0.3) is 0 Å². The van der Waals surface area contributed by atoms with Crippen molar-refractivity contribution >= 4 is 29.0 Å². The van der Waals surface area contributed by atoms with E-state index in [0.717, 1.165) is 22.7 Å². The zero-order valence-corrected chi connectivity index (χ0v) is 19.0. The van der Waals surface area contributed by atoms with E-state index >= 15 is 0 Å². The molecule has 5 aromatic rings. The first-order chi connectivity index (χ1) is 16.8. The molecule has 0 aliphatic heterocycles. The number of furan rings is 1. The number of anilines is 2. The molecule has 0 N–H and O–H groups in total. The van der Waals surface area contributed by atoms with Crippen molar-refractivity contribution in [2.45, 2.75) is 11.7 Å². The van der Waals surface area contributed by atoms with Crippen molar-refractivity contribution in [2.75, 3.05) is 10.7 Å². The number of amides is 1. The van der Waals surface area contributed by atoms with Gasteiger partial charge in [0.15, 0.2) is 11.0 Å². The monoisotopic (exact) mass is 467 g/mol. The lowest BCUT2D eigenvalue weighted by molar-refractivity contribution is -0.115. The lowest BCUT2D eigenvalue weighted by atomic mass is 10.2. The second-order valence-corrected chi connectivity index (χ2v) is 8.34. The van der Waals surface area contributed by atoms with Crippen LogP contribution in [0.2, 0.25) is 0 Å². The fraction of sp³-hybridized carbons (Fsp3) is 0.0769. The van der Waals surface area contributed by atoms with Crippen LogP contribution in [0.25, 0.3) is 11.4 Å². The smallest absolute Gasteiger partial charge is 0.242 e. The number of aromatic nitrogens is 4. The first kappa shape index (κ1) is 21.7. The van der Waals surface area contributed by atoms with Gasteiger partial charge in [0, 0.05) is 29.3 Å². The van der Waals surface area contributed by atoms with Crippen LogP contribution in [0.15, 0.2) is 113 Å². The van der Waals surface area contributed by atoms with E-state index in [4.69, 9.17) is 4.42 Å². The standard InChI is InChI=1S/C26H21N5O2S/c32-24(31(21-8-3-1-4-9-21)22-10-5-2-6-11-22)19-34-26-29-28-25(20-13-15-27-16-14-20)30(26)18-23-12-7-17-33-23/h1-17H,18-19H2. The minimum atomic E-state index is -0.0552. The summed E-state index contributed by atoms with van der Waals surface area (Å²) in [6, 6.07) is 26.8. The maximum atomic E-state index is 13.4. The van der Waals surface area contributed by atoms with Crippen LogP contribution in [0, 0.1) is 0 Å². The molecule has 1 amide bonds. The fourth-order valence-corrected chi connectivity index (χ4v) is 4.38. The van der Waals surface area contributed by atoms with Crippen molar-refractivity contribution in [3.8, 4) is 11.4 Å². The number of rotatable bonds is 8. The van der Waals surface area contributed by atoms with Crippen molar-refractivity contribution in [1.82, 2.24) is 19.7 Å². The highest BCUT2D eigenvalue weighted by Crippen LogP contribution is 2.29. The molecule has 0 aliphatic carbocycles. The number of carbonyl (C=O) groups excluding carboxylic acids is 1. The summed E-state index contributed by atoms with van der Waals surface area (Å²) in [7, 11) is 0. The Bertz CT molecular complexity index is 1300. The van der Waals surface area contributed by atoms with E-state index in [2.05, 4.69) is 15.2 Å². The summed E-state index contributed by atoms with van der Waals surface area (Å²) in [5, 5.41) is 9.43. The normalized spacial score (nSPS) is 10.8. The number of nitrogens with zero attached hydrogens (tertiary/aromatic N) is 5. The van der Waals surface area contributed by atoms with Gasteiger partial charge in [-0.1, -0.05) is 48.2 Å². The van der Waals surface area contributed by atoms with E-state index in [-0.39, 0.29) is 11.7 Å². The Labute approximate surface area is 201 Å². The van der Waals surface area contributed by atoms with Gasteiger partial charge in [0.2, 0.25) is 5.91 Å². The van der Waals surface area contributed by atoms with Crippen LogP contribution in [0.5, 0.6) is 0 Å². The van der Waals surface area contributed by atoms with E-state index in [9.17, 15) is 4.79 Å². The highest BCUT2D eigenvalue weighted by molar-refractivity contribution is 7.99. The minimum Gasteiger partial charge on any atom is -0.467 e. The molecule has 0 atom stereocenters. The summed E-state index contributed by atoms with van der Waals surface area (Å²) < 4.78 is 7.52. The highest BCUT2D eigenvalue weighted by Gasteiger charge is 2.21. The molecule has 34 heavy (non-hydrogen) atoms. The van der Waals surface area contributed by atoms with Gasteiger partial charge in [-0.2, -0.15) is 0 Å². The van der Waals surface area contributed by atoms with Gasteiger partial charge in [-0.3, -0.25) is 19.2 Å². The van der Waals surface area contributed by atoms with Gasteiger partial charge in [-0.15, -0.1) is 10.2 Å². The zero-order valence-electron chi connectivity index (χ0n) is 18.2. The topological polar surface area (TPSA) is 77.0 Å². The zero-order chi connectivity index (χ0) is 23.2. The first-order valence-electron chi connectivity index (χ1n) is 10.7. The van der Waals surface area contributed by atoms with Crippen molar-refractivity contribution < 1.29 is 9.21 Å². The van der Waals surface area contributed by atoms with Crippen molar-refractivity contribution in [1.29, 1.82) is 0 Å². The number of carbonyl (C=O) groups is 1. The second-order valence-electron chi connectivity index (χ2n) is 7.40. The maximum absolute atomic E-state index is 13.4. The first-order valence-corrected chi connectivity index (χ1v) is 11.7. The van der Waals surface area contributed by atoms with Crippen LogP contribution >= 0.6 is 11.8 Å². The number of hydrogen-bond acceptors (Lipinski definition) is 6. The Balaban J connectivity index is 1.42. The van der Waals surface area contributed by atoms with Crippen molar-refractivity contribution in [2.24, 2.45) is 0 Å². The molecule has 2 aromatic carbocycles. The molecule has 8 heteroatoms. The molecule has 3 heterocycles. The summed E-state index contributed by atoms with van der Waals surface area (Å²) in [5.74, 6) is 1.60. The van der Waals surface area contributed by atoms with Crippen LogP contribution in [-0.4, -0.2) is 31.4 Å². The van der Waals surface area contributed by atoms with Gasteiger partial charge in [-0.05, 0) is 48.5 Å². The Kier molecular flexibility index (Phi) is 6.49. The lowest BCUT2D eigenvalue weighted by Gasteiger charge is -2.23. The second kappa shape index (κ2) is 10.2. The Morgan fingerprint density at radius 1 is 0.853 bits per heavy atom. The molecule has 3 aromatic heterocycles. The minimum absolute atomic E-state index is 0.0552. The van der Waals surface area contributed by atoms with Crippen molar-refractivity contribution in [3.05, 3.63) is 109 Å². The third-order valence-corrected chi connectivity index (χ3v) is 6.10. The molecule has 0 spiro atoms. The van der Waals surface area contributed by atoms with Gasteiger partial charge >= 0.3 is 0 Å². The van der Waals surface area contributed by atoms with E-state index in [1.54, 1.807) is 23.6 Å². The van der Waals surface area contributed by atoms with Crippen molar-refractivity contribution in [3.63, 3.8) is 0 Å². The summed E-state index contributed by atoms with van der Waals surface area (Å²) in [4.78, 5) is 19.3. The largest absolute Gasteiger partial charge is 0.467 e. The molecule has 0 unspecified atom stereocenters. The highest BCUT2D eigenvalue weighted by atomic mass is 32.2. The van der Waals surface area contributed by atoms with E-state index in [1.807, 2.05) is 89.5 Å². The van der Waals surface area contributed by atoms with E-state index in [0.29, 0.717) is 17.5 Å². The number of pyridine rings is 1. The average Bonchev–Trinajstić information content (AvgIpc) is 3.55. The number of para-hydroxylation sites is 2. The summed E-state index contributed by atoms with van der Waals surface area (Å²) in [5.41, 5.74) is 2.52. The van der Waals surface area contributed by atoms with Crippen LogP contribution in [0.4, 0.5) is 11.4 Å². The molecule has 0 saturated carbocycles. The average molecular weight is 468 g/mol. The van der Waals surface area contributed by atoms with E-state index in [1.165, 1.54) is 11.8 Å². The summed E-state index contributed by atoms with van der Waals surface area (Å²) in [6.07, 6.45) is 5.07. The third kappa shape index (κ3) is 4.77. The van der Waals surface area contributed by atoms with Gasteiger partial charge < -0.3 is 4.42 Å². The molecule has 0 bridgehead atoms. The molecular formula is C26H21N5O2S. The fourth-order valence-electron chi connectivity index (χ4n) is 3.59. The number of benzene rings is 2. The SMILES string of the molecule is O=C(CSc1nnc(-c2ccncc2)n1Cc1ccco1)N(c1ccccc1)c1ccccc1. The molecule has 0 radical (unpaired) electrons. The maximum Gasteiger partial charge on any atom is 0.242 e. The molecule has 0 saturated heterocycles. The Morgan fingerprint density at radius 2 is 1.53 bits per heavy atom. The molecule has 5 rings (SSSR count). The van der Waals surface area contributed by atoms with Gasteiger partial charge in [0.05, 0.1) is 18.6 Å². The summed E-state index contributed by atoms with van der Waals surface area (Å²) in [6.45, 7) is 0.454. The predicted molar refractivity (Wildman–Crippen MR) is 132 cm³/mol. The Hall–Kier alpha value is -4.17. The molecule has 0 fully saturated rings. The quantitative estimate of drug-likeness (QED) is 0.283.